The standard InChI is InChI=1S/C10H19NO3S/c1-3-4-5-8(2)11-9(12)6-15-7-10(13)14/h8H,3-7H2,1-2H3,(H,11,12)(H,13,14). The molecule has 0 heterocycles. The van der Waals surface area contributed by atoms with Gasteiger partial charge in [-0.25, -0.2) is 0 Å². The molecule has 0 aromatic rings. The summed E-state index contributed by atoms with van der Waals surface area (Å²) in [5, 5.41) is 11.2. The molecule has 0 radical (unpaired) electrons. The summed E-state index contributed by atoms with van der Waals surface area (Å²) >= 11 is 1.12. The number of hydrogen-bond acceptors (Lipinski definition) is 3. The van der Waals surface area contributed by atoms with E-state index < -0.39 is 5.97 Å². The summed E-state index contributed by atoms with van der Waals surface area (Å²) in [5.74, 6) is -0.754. The Morgan fingerprint density at radius 2 is 2.07 bits per heavy atom. The van der Waals surface area contributed by atoms with E-state index in [9.17, 15) is 9.59 Å². The Kier molecular flexibility index (Phi) is 8.18. The zero-order valence-electron chi connectivity index (χ0n) is 9.28. The number of rotatable bonds is 8. The van der Waals surface area contributed by atoms with Gasteiger partial charge >= 0.3 is 5.97 Å². The van der Waals surface area contributed by atoms with Crippen LogP contribution in [0.15, 0.2) is 0 Å². The van der Waals surface area contributed by atoms with Gasteiger partial charge in [0.15, 0.2) is 0 Å². The Morgan fingerprint density at radius 3 is 2.60 bits per heavy atom. The molecular formula is C10H19NO3S. The van der Waals surface area contributed by atoms with Gasteiger partial charge in [0.1, 0.15) is 0 Å². The first-order valence-electron chi connectivity index (χ1n) is 5.15. The van der Waals surface area contributed by atoms with Crippen molar-refractivity contribution in [2.45, 2.75) is 39.2 Å². The molecule has 1 unspecified atom stereocenters. The lowest BCUT2D eigenvalue weighted by Gasteiger charge is -2.12. The molecule has 0 aromatic carbocycles. The van der Waals surface area contributed by atoms with Gasteiger partial charge in [-0.3, -0.25) is 9.59 Å². The van der Waals surface area contributed by atoms with Crippen LogP contribution in [0, 0.1) is 0 Å². The van der Waals surface area contributed by atoms with Gasteiger partial charge in [0.2, 0.25) is 5.91 Å². The van der Waals surface area contributed by atoms with Gasteiger partial charge in [-0.15, -0.1) is 11.8 Å². The van der Waals surface area contributed by atoms with Crippen molar-refractivity contribution in [3.8, 4) is 0 Å². The van der Waals surface area contributed by atoms with Crippen LogP contribution >= 0.6 is 11.8 Å². The summed E-state index contributed by atoms with van der Waals surface area (Å²) < 4.78 is 0. The predicted octanol–water partition coefficient (Wildman–Crippen LogP) is 1.50. The molecule has 0 saturated heterocycles. The monoisotopic (exact) mass is 233 g/mol. The van der Waals surface area contributed by atoms with Crippen molar-refractivity contribution >= 4 is 23.6 Å². The fourth-order valence-corrected chi connectivity index (χ4v) is 1.68. The molecule has 88 valence electrons. The zero-order valence-corrected chi connectivity index (χ0v) is 10.1. The van der Waals surface area contributed by atoms with Crippen LogP contribution in [0.3, 0.4) is 0 Å². The van der Waals surface area contributed by atoms with E-state index >= 15 is 0 Å². The summed E-state index contributed by atoms with van der Waals surface area (Å²) in [4.78, 5) is 21.5. The van der Waals surface area contributed by atoms with Crippen molar-refractivity contribution in [1.29, 1.82) is 0 Å². The van der Waals surface area contributed by atoms with Gasteiger partial charge in [-0.1, -0.05) is 19.8 Å². The second kappa shape index (κ2) is 8.59. The number of carboxylic acid groups (broad SMARTS) is 1. The molecule has 1 amide bonds. The smallest absolute Gasteiger partial charge is 0.313 e. The number of thioether (sulfide) groups is 1. The maximum Gasteiger partial charge on any atom is 0.313 e. The quantitative estimate of drug-likeness (QED) is 0.666. The first kappa shape index (κ1) is 14.3. The largest absolute Gasteiger partial charge is 0.481 e. The van der Waals surface area contributed by atoms with Crippen LogP contribution in [-0.2, 0) is 9.59 Å². The van der Waals surface area contributed by atoms with Gasteiger partial charge < -0.3 is 10.4 Å². The average molecular weight is 233 g/mol. The van der Waals surface area contributed by atoms with Gasteiger partial charge in [0, 0.05) is 6.04 Å². The number of aliphatic carboxylic acids is 1. The van der Waals surface area contributed by atoms with Crippen LogP contribution in [0.1, 0.15) is 33.1 Å². The molecule has 0 aliphatic heterocycles. The third kappa shape index (κ3) is 9.59. The van der Waals surface area contributed by atoms with Crippen molar-refractivity contribution in [3.63, 3.8) is 0 Å². The highest BCUT2D eigenvalue weighted by atomic mass is 32.2. The number of carbonyl (C=O) groups is 2. The second-order valence-corrected chi connectivity index (χ2v) is 4.48. The van der Waals surface area contributed by atoms with Gasteiger partial charge in [-0.2, -0.15) is 0 Å². The first-order valence-corrected chi connectivity index (χ1v) is 6.30. The van der Waals surface area contributed by atoms with E-state index in [1.54, 1.807) is 0 Å². The molecule has 0 bridgehead atoms. The molecule has 0 aliphatic rings. The number of carbonyl (C=O) groups excluding carboxylic acids is 1. The summed E-state index contributed by atoms with van der Waals surface area (Å²) in [6.07, 6.45) is 3.20. The summed E-state index contributed by atoms with van der Waals surface area (Å²) in [6.45, 7) is 4.08. The molecule has 1 atom stereocenters. The van der Waals surface area contributed by atoms with E-state index in [1.807, 2.05) is 6.92 Å². The second-order valence-electron chi connectivity index (χ2n) is 3.50. The molecule has 15 heavy (non-hydrogen) atoms. The van der Waals surface area contributed by atoms with Gasteiger partial charge in [-0.05, 0) is 13.3 Å². The van der Waals surface area contributed by atoms with E-state index in [4.69, 9.17) is 5.11 Å². The van der Waals surface area contributed by atoms with Gasteiger partial charge in [0.05, 0.1) is 11.5 Å². The number of amides is 1. The van der Waals surface area contributed by atoms with E-state index in [0.717, 1.165) is 31.0 Å². The lowest BCUT2D eigenvalue weighted by atomic mass is 10.1. The highest BCUT2D eigenvalue weighted by molar-refractivity contribution is 8.00. The van der Waals surface area contributed by atoms with Crippen LogP contribution < -0.4 is 5.32 Å². The minimum absolute atomic E-state index is 0.0171. The first-order chi connectivity index (χ1) is 7.06. The minimum Gasteiger partial charge on any atom is -0.481 e. The Hall–Kier alpha value is -0.710. The number of hydrogen-bond donors (Lipinski definition) is 2. The Labute approximate surface area is 94.8 Å². The molecule has 2 N–H and O–H groups in total. The van der Waals surface area contributed by atoms with Crippen LogP contribution in [0.4, 0.5) is 0 Å². The average Bonchev–Trinajstić information content (AvgIpc) is 2.14. The molecule has 0 spiro atoms. The van der Waals surface area contributed by atoms with Gasteiger partial charge in [0.25, 0.3) is 0 Å². The molecule has 4 nitrogen and oxygen atoms in total. The Morgan fingerprint density at radius 1 is 1.40 bits per heavy atom. The van der Waals surface area contributed by atoms with Crippen LogP contribution in [0.25, 0.3) is 0 Å². The fourth-order valence-electron chi connectivity index (χ4n) is 1.13. The fraction of sp³-hybridized carbons (Fsp3) is 0.800. The van der Waals surface area contributed by atoms with Crippen molar-refractivity contribution in [2.24, 2.45) is 0 Å². The SMILES string of the molecule is CCCCC(C)NC(=O)CSCC(=O)O. The van der Waals surface area contributed by atoms with Crippen molar-refractivity contribution in [1.82, 2.24) is 5.32 Å². The maximum atomic E-state index is 11.3. The topological polar surface area (TPSA) is 66.4 Å². The number of unbranched alkanes of at least 4 members (excludes halogenated alkanes) is 1. The number of carboxylic acids is 1. The maximum absolute atomic E-state index is 11.3. The normalized spacial score (nSPS) is 12.1. The summed E-state index contributed by atoms with van der Waals surface area (Å²) in [7, 11) is 0. The van der Waals surface area contributed by atoms with Crippen molar-refractivity contribution in [3.05, 3.63) is 0 Å². The van der Waals surface area contributed by atoms with Crippen molar-refractivity contribution in [2.75, 3.05) is 11.5 Å². The van der Waals surface area contributed by atoms with Crippen molar-refractivity contribution < 1.29 is 14.7 Å². The minimum atomic E-state index is -0.883. The van der Waals surface area contributed by atoms with E-state index in [2.05, 4.69) is 12.2 Å². The third-order valence-corrected chi connectivity index (χ3v) is 2.77. The summed E-state index contributed by atoms with van der Waals surface area (Å²) in [6, 6.07) is 0.183. The van der Waals surface area contributed by atoms with E-state index in [0.29, 0.717) is 0 Å². The molecule has 0 rings (SSSR count). The predicted molar refractivity (Wildman–Crippen MR) is 62.1 cm³/mol. The van der Waals surface area contributed by atoms with E-state index in [-0.39, 0.29) is 23.5 Å². The lowest BCUT2D eigenvalue weighted by molar-refractivity contribution is -0.133. The highest BCUT2D eigenvalue weighted by Gasteiger charge is 2.07. The molecule has 0 saturated carbocycles. The Bertz CT molecular complexity index is 209. The molecule has 0 aromatic heterocycles. The third-order valence-electron chi connectivity index (χ3n) is 1.86. The number of nitrogens with one attached hydrogen (secondary N) is 1. The highest BCUT2D eigenvalue weighted by Crippen LogP contribution is 2.02. The van der Waals surface area contributed by atoms with Crippen LogP contribution in [0.5, 0.6) is 0 Å². The molecule has 5 heteroatoms. The molecule has 0 aliphatic carbocycles. The van der Waals surface area contributed by atoms with Crippen LogP contribution in [-0.4, -0.2) is 34.5 Å². The lowest BCUT2D eigenvalue weighted by Crippen LogP contribution is -2.33. The Balaban J connectivity index is 3.50. The molecule has 0 fully saturated rings. The van der Waals surface area contributed by atoms with E-state index in [1.165, 1.54) is 0 Å². The van der Waals surface area contributed by atoms with Crippen LogP contribution in [0.2, 0.25) is 0 Å². The molecular weight excluding hydrogens is 214 g/mol. The summed E-state index contributed by atoms with van der Waals surface area (Å²) in [5.41, 5.74) is 0. The zero-order chi connectivity index (χ0) is 11.7.